The summed E-state index contributed by atoms with van der Waals surface area (Å²) in [6, 6.07) is 7.33. The van der Waals surface area contributed by atoms with Gasteiger partial charge in [-0.1, -0.05) is 18.1 Å². The number of hydrogen-bond donors (Lipinski definition) is 2. The Morgan fingerprint density at radius 2 is 2.15 bits per heavy atom. The lowest BCUT2D eigenvalue weighted by atomic mass is 9.59. The molecule has 1 aliphatic heterocycles. The molecule has 1 heterocycles. The lowest BCUT2D eigenvalue weighted by Gasteiger charge is -2.55. The van der Waals surface area contributed by atoms with E-state index in [2.05, 4.69) is 16.6 Å². The second-order valence-electron chi connectivity index (χ2n) is 8.28. The largest absolute Gasteiger partial charge is 0.467 e. The second kappa shape index (κ2) is 5.77. The number of amides is 2. The molecule has 2 N–H and O–H groups in total. The Kier molecular flexibility index (Phi) is 3.76. The first-order chi connectivity index (χ1) is 12.3. The number of terminal acetylenes is 1. The molecule has 1 aromatic rings. The van der Waals surface area contributed by atoms with Crippen molar-refractivity contribution < 1.29 is 14.3 Å². The molecule has 0 saturated heterocycles. The molecule has 2 bridgehead atoms. The van der Waals surface area contributed by atoms with Gasteiger partial charge in [0, 0.05) is 18.3 Å². The number of ether oxygens (including phenoxy) is 1. The highest BCUT2D eigenvalue weighted by atomic mass is 16.5. The molecule has 1 aromatic carbocycles. The Balaban J connectivity index is 1.56. The first-order valence-corrected chi connectivity index (χ1v) is 9.24. The summed E-state index contributed by atoms with van der Waals surface area (Å²) >= 11 is 0. The maximum Gasteiger partial charge on any atom is 0.258 e. The molecule has 4 atom stereocenters. The van der Waals surface area contributed by atoms with Crippen molar-refractivity contribution in [1.29, 1.82) is 0 Å². The van der Waals surface area contributed by atoms with Gasteiger partial charge in [-0.3, -0.25) is 9.59 Å². The summed E-state index contributed by atoms with van der Waals surface area (Å²) in [6.45, 7) is 3.66. The van der Waals surface area contributed by atoms with E-state index >= 15 is 0 Å². The van der Waals surface area contributed by atoms with Gasteiger partial charge in [-0.05, 0) is 51.2 Å². The van der Waals surface area contributed by atoms with Crippen molar-refractivity contribution in [2.24, 2.45) is 17.8 Å². The van der Waals surface area contributed by atoms with E-state index in [4.69, 9.17) is 11.2 Å². The zero-order chi connectivity index (χ0) is 18.5. The summed E-state index contributed by atoms with van der Waals surface area (Å²) in [6.07, 6.45) is 8.79. The predicted octanol–water partition coefficient (Wildman–Crippen LogP) is 2.47. The maximum absolute atomic E-state index is 12.8. The number of benzene rings is 1. The summed E-state index contributed by atoms with van der Waals surface area (Å²) in [5.41, 5.74) is -0.767. The molecule has 3 fully saturated rings. The van der Waals surface area contributed by atoms with Crippen LogP contribution in [0, 0.1) is 30.1 Å². The van der Waals surface area contributed by atoms with Gasteiger partial charge in [-0.2, -0.15) is 0 Å². The Bertz CT molecular complexity index is 810. The molecule has 136 valence electrons. The molecular weight excluding hydrogens is 328 g/mol. The van der Waals surface area contributed by atoms with Crippen molar-refractivity contribution in [2.45, 2.75) is 50.8 Å². The van der Waals surface area contributed by atoms with Crippen molar-refractivity contribution in [3.05, 3.63) is 29.8 Å². The van der Waals surface area contributed by atoms with Gasteiger partial charge in [0.05, 0.1) is 11.1 Å². The van der Waals surface area contributed by atoms with Crippen LogP contribution < -0.4 is 15.4 Å². The van der Waals surface area contributed by atoms with E-state index < -0.39 is 11.3 Å². The van der Waals surface area contributed by atoms with E-state index in [0.29, 0.717) is 24.2 Å². The quantitative estimate of drug-likeness (QED) is 0.804. The number of carbonyl (C=O) groups is 2. The fourth-order valence-electron chi connectivity index (χ4n) is 4.72. The zero-order valence-electron chi connectivity index (χ0n) is 15.2. The van der Waals surface area contributed by atoms with Gasteiger partial charge in [0.15, 0.2) is 5.72 Å². The first-order valence-electron chi connectivity index (χ1n) is 9.24. The molecule has 0 radical (unpaired) electrons. The first kappa shape index (κ1) is 17.0. The maximum atomic E-state index is 12.8. The number of rotatable bonds is 2. The molecule has 5 rings (SSSR count). The monoisotopic (exact) mass is 352 g/mol. The Hall–Kier alpha value is -2.48. The van der Waals surface area contributed by atoms with E-state index in [0.717, 1.165) is 12.8 Å². The van der Waals surface area contributed by atoms with Gasteiger partial charge >= 0.3 is 0 Å². The fourth-order valence-corrected chi connectivity index (χ4v) is 4.72. The van der Waals surface area contributed by atoms with Gasteiger partial charge in [0.25, 0.3) is 5.91 Å². The highest BCUT2D eigenvalue weighted by molar-refractivity contribution is 5.98. The minimum absolute atomic E-state index is 0.0139. The lowest BCUT2D eigenvalue weighted by molar-refractivity contribution is -0.147. The zero-order valence-corrected chi connectivity index (χ0v) is 15.2. The predicted molar refractivity (Wildman–Crippen MR) is 97.3 cm³/mol. The minimum Gasteiger partial charge on any atom is -0.467 e. The lowest BCUT2D eigenvalue weighted by Crippen LogP contribution is -2.67. The van der Waals surface area contributed by atoms with E-state index in [-0.39, 0.29) is 29.6 Å². The molecule has 3 aliphatic carbocycles. The highest BCUT2D eigenvalue weighted by Gasteiger charge is 2.57. The third kappa shape index (κ3) is 2.65. The van der Waals surface area contributed by atoms with Crippen LogP contribution in [-0.2, 0) is 4.79 Å². The SMILES string of the molecule is C#CC(C)(C)NC(=O)[C@@H]1C[C@H]2CC[C@@H]1C[C@@]21NC(=O)c2ccccc2O1. The van der Waals surface area contributed by atoms with Crippen molar-refractivity contribution in [1.82, 2.24) is 10.6 Å². The Morgan fingerprint density at radius 1 is 1.38 bits per heavy atom. The third-order valence-electron chi connectivity index (χ3n) is 6.10. The van der Waals surface area contributed by atoms with E-state index in [9.17, 15) is 9.59 Å². The van der Waals surface area contributed by atoms with Crippen molar-refractivity contribution >= 4 is 11.8 Å². The number of fused-ring (bicyclic) bond motifs is 3. The van der Waals surface area contributed by atoms with Crippen LogP contribution in [0.25, 0.3) is 0 Å². The van der Waals surface area contributed by atoms with E-state index in [1.165, 1.54) is 0 Å². The average Bonchev–Trinajstić information content (AvgIpc) is 2.61. The molecule has 0 aromatic heterocycles. The van der Waals surface area contributed by atoms with Crippen molar-refractivity contribution in [3.8, 4) is 18.1 Å². The van der Waals surface area contributed by atoms with Crippen LogP contribution >= 0.6 is 0 Å². The van der Waals surface area contributed by atoms with Gasteiger partial charge < -0.3 is 15.4 Å². The van der Waals surface area contributed by atoms with Crippen LogP contribution in [0.1, 0.15) is 49.9 Å². The summed E-state index contributed by atoms with van der Waals surface area (Å²) in [4.78, 5) is 25.3. The molecule has 5 nitrogen and oxygen atoms in total. The Morgan fingerprint density at radius 3 is 2.85 bits per heavy atom. The van der Waals surface area contributed by atoms with Crippen LogP contribution in [-0.4, -0.2) is 23.1 Å². The fraction of sp³-hybridized carbons (Fsp3) is 0.524. The number of nitrogens with one attached hydrogen (secondary N) is 2. The molecule has 0 unspecified atom stereocenters. The van der Waals surface area contributed by atoms with Crippen LogP contribution in [0.2, 0.25) is 0 Å². The molecule has 1 spiro atoms. The van der Waals surface area contributed by atoms with Gasteiger partial charge in [-0.25, -0.2) is 0 Å². The molecule has 3 saturated carbocycles. The van der Waals surface area contributed by atoms with E-state index in [1.807, 2.05) is 32.0 Å². The molecular formula is C21H24N2O3. The summed E-state index contributed by atoms with van der Waals surface area (Å²) in [7, 11) is 0. The smallest absolute Gasteiger partial charge is 0.258 e. The molecule has 5 heteroatoms. The second-order valence-corrected chi connectivity index (χ2v) is 8.28. The topological polar surface area (TPSA) is 67.4 Å². The number of carbonyl (C=O) groups excluding carboxylic acids is 2. The van der Waals surface area contributed by atoms with Crippen LogP contribution in [0.3, 0.4) is 0 Å². The van der Waals surface area contributed by atoms with Gasteiger partial charge in [-0.15, -0.1) is 6.42 Å². The number of hydrogen-bond acceptors (Lipinski definition) is 3. The van der Waals surface area contributed by atoms with Crippen molar-refractivity contribution in [3.63, 3.8) is 0 Å². The Labute approximate surface area is 153 Å². The summed E-state index contributed by atoms with van der Waals surface area (Å²) in [5, 5.41) is 6.09. The number of para-hydroxylation sites is 1. The van der Waals surface area contributed by atoms with Gasteiger partial charge in [0.1, 0.15) is 5.75 Å². The van der Waals surface area contributed by atoms with Crippen LogP contribution in [0.5, 0.6) is 5.75 Å². The van der Waals surface area contributed by atoms with Crippen molar-refractivity contribution in [2.75, 3.05) is 0 Å². The molecule has 4 aliphatic rings. The summed E-state index contributed by atoms with van der Waals surface area (Å²) in [5.74, 6) is 3.40. The van der Waals surface area contributed by atoms with Crippen LogP contribution in [0.15, 0.2) is 24.3 Å². The van der Waals surface area contributed by atoms with Gasteiger partial charge in [0.2, 0.25) is 5.91 Å². The highest BCUT2D eigenvalue weighted by Crippen LogP contribution is 2.52. The summed E-state index contributed by atoms with van der Waals surface area (Å²) < 4.78 is 6.32. The molecule has 26 heavy (non-hydrogen) atoms. The van der Waals surface area contributed by atoms with Crippen LogP contribution in [0.4, 0.5) is 0 Å². The minimum atomic E-state index is -0.688. The standard InChI is InChI=1S/C21H24N2O3/c1-4-20(2,3)22-19(25)16-11-14-10-9-13(16)12-21(14)23-18(24)15-7-5-6-8-17(15)26-21/h1,5-8,13-14,16H,9-12H2,2-3H3,(H,22,25)(H,23,24)/t13-,14-,16-,21+/m1/s1. The molecule has 2 amide bonds. The van der Waals surface area contributed by atoms with E-state index in [1.54, 1.807) is 6.07 Å². The normalized spacial score (nSPS) is 32.2. The third-order valence-corrected chi connectivity index (χ3v) is 6.10. The average molecular weight is 352 g/mol.